The van der Waals surface area contributed by atoms with Gasteiger partial charge >= 0.3 is 6.09 Å². The molecule has 0 radical (unpaired) electrons. The first-order valence-corrected chi connectivity index (χ1v) is 15.8. The average molecular weight is 614 g/mol. The number of hydrogen-bond acceptors (Lipinski definition) is 5. The number of benzene rings is 5. The van der Waals surface area contributed by atoms with Crippen molar-refractivity contribution < 1.29 is 23.7 Å². The van der Waals surface area contributed by atoms with Crippen LogP contribution in [0.3, 0.4) is 0 Å². The van der Waals surface area contributed by atoms with Crippen LogP contribution < -0.4 is 5.32 Å². The maximum atomic E-state index is 12.4. The molecule has 6 nitrogen and oxygen atoms in total. The minimum atomic E-state index is -0.769. The Labute approximate surface area is 270 Å². The predicted octanol–water partition coefficient (Wildman–Crippen LogP) is 7.57. The summed E-state index contributed by atoms with van der Waals surface area (Å²) in [7, 11) is 0. The van der Waals surface area contributed by atoms with Gasteiger partial charge in [-0.05, 0) is 38.9 Å². The highest BCUT2D eigenvalue weighted by Crippen LogP contribution is 2.44. The molecule has 0 atom stereocenters. The molecule has 0 saturated heterocycles. The highest BCUT2D eigenvalue weighted by Gasteiger charge is 2.37. The molecule has 0 aliphatic heterocycles. The Morgan fingerprint density at radius 3 is 1.50 bits per heavy atom. The zero-order valence-electron chi connectivity index (χ0n) is 25.8. The highest BCUT2D eigenvalue weighted by molar-refractivity contribution is 5.79. The summed E-state index contributed by atoms with van der Waals surface area (Å²) >= 11 is 0. The lowest BCUT2D eigenvalue weighted by atomic mass is 9.80. The summed E-state index contributed by atoms with van der Waals surface area (Å²) in [6, 6.07) is 47.5. The number of hydrogen-bond donors (Lipinski definition) is 1. The van der Waals surface area contributed by atoms with Crippen LogP contribution in [0.25, 0.3) is 11.1 Å². The normalized spacial score (nSPS) is 12.3. The van der Waals surface area contributed by atoms with Crippen molar-refractivity contribution in [2.75, 3.05) is 46.2 Å². The van der Waals surface area contributed by atoms with Gasteiger partial charge in [0, 0.05) is 12.5 Å². The molecular weight excluding hydrogens is 574 g/mol. The molecule has 0 saturated carbocycles. The van der Waals surface area contributed by atoms with Crippen molar-refractivity contribution in [3.05, 3.63) is 167 Å². The van der Waals surface area contributed by atoms with Gasteiger partial charge in [-0.2, -0.15) is 0 Å². The molecule has 5 aromatic rings. The fourth-order valence-electron chi connectivity index (χ4n) is 6.22. The number of rotatable bonds is 15. The van der Waals surface area contributed by atoms with E-state index in [1.807, 2.05) is 78.9 Å². The van der Waals surface area contributed by atoms with Crippen LogP contribution >= 0.6 is 0 Å². The molecule has 0 fully saturated rings. The molecular formula is C40H39NO5. The van der Waals surface area contributed by atoms with E-state index in [9.17, 15) is 4.79 Å². The van der Waals surface area contributed by atoms with Crippen molar-refractivity contribution >= 4 is 6.09 Å². The van der Waals surface area contributed by atoms with E-state index in [1.165, 1.54) is 22.3 Å². The topological polar surface area (TPSA) is 66.0 Å². The molecule has 6 heteroatoms. The van der Waals surface area contributed by atoms with E-state index >= 15 is 0 Å². The molecule has 5 aromatic carbocycles. The van der Waals surface area contributed by atoms with Crippen molar-refractivity contribution in [3.63, 3.8) is 0 Å². The van der Waals surface area contributed by atoms with Gasteiger partial charge in [0.05, 0.1) is 33.0 Å². The van der Waals surface area contributed by atoms with Crippen molar-refractivity contribution in [1.82, 2.24) is 5.32 Å². The monoisotopic (exact) mass is 613 g/mol. The number of alkyl carbamates (subject to hydrolysis) is 1. The van der Waals surface area contributed by atoms with Gasteiger partial charge in [-0.3, -0.25) is 0 Å². The standard InChI is InChI=1S/C40H39NO5/c42-39(45-30-38-36-22-12-10-20-34(36)35-21-11-13-23-37(35)38)41-24-25-43-26-27-44-28-29-46-40(31-14-4-1-5-15-31,32-16-6-2-7-17-32)33-18-8-3-9-19-33/h1-23,38H,24-30H2,(H,41,42). The lowest BCUT2D eigenvalue weighted by Gasteiger charge is -2.36. The average Bonchev–Trinajstić information content (AvgIpc) is 3.44. The van der Waals surface area contributed by atoms with E-state index in [0.29, 0.717) is 39.6 Å². The Balaban J connectivity index is 0.918. The number of carbonyl (C=O) groups is 1. The van der Waals surface area contributed by atoms with Crippen LogP contribution in [0.15, 0.2) is 140 Å². The summed E-state index contributed by atoms with van der Waals surface area (Å²) in [5.74, 6) is 0.0359. The minimum absolute atomic E-state index is 0.0359. The van der Waals surface area contributed by atoms with Gasteiger partial charge in [0.2, 0.25) is 0 Å². The second-order valence-corrected chi connectivity index (χ2v) is 11.1. The van der Waals surface area contributed by atoms with Crippen LogP contribution in [-0.4, -0.2) is 52.3 Å². The van der Waals surface area contributed by atoms with Crippen LogP contribution in [0.4, 0.5) is 4.79 Å². The van der Waals surface area contributed by atoms with E-state index in [0.717, 1.165) is 16.7 Å². The van der Waals surface area contributed by atoms with Crippen LogP contribution in [0.1, 0.15) is 33.7 Å². The molecule has 0 unspecified atom stereocenters. The lowest BCUT2D eigenvalue weighted by molar-refractivity contribution is -0.0331. The Morgan fingerprint density at radius 1 is 0.543 bits per heavy atom. The molecule has 1 amide bonds. The first-order chi connectivity index (χ1) is 22.8. The van der Waals surface area contributed by atoms with Crippen molar-refractivity contribution in [2.24, 2.45) is 0 Å². The summed E-state index contributed by atoms with van der Waals surface area (Å²) in [6.45, 7) is 2.64. The molecule has 0 aromatic heterocycles. The summed E-state index contributed by atoms with van der Waals surface area (Å²) in [4.78, 5) is 12.4. The van der Waals surface area contributed by atoms with Gasteiger partial charge in [-0.1, -0.05) is 140 Å². The Morgan fingerprint density at radius 2 is 0.978 bits per heavy atom. The van der Waals surface area contributed by atoms with E-state index in [2.05, 4.69) is 66.0 Å². The van der Waals surface area contributed by atoms with Crippen molar-refractivity contribution in [3.8, 4) is 11.1 Å². The first-order valence-electron chi connectivity index (χ1n) is 15.8. The van der Waals surface area contributed by atoms with Crippen molar-refractivity contribution in [1.29, 1.82) is 0 Å². The summed E-state index contributed by atoms with van der Waals surface area (Å²) in [5, 5.41) is 2.78. The highest BCUT2D eigenvalue weighted by atomic mass is 16.6. The summed E-state index contributed by atoms with van der Waals surface area (Å²) < 4.78 is 23.9. The summed E-state index contributed by atoms with van der Waals surface area (Å²) in [6.07, 6.45) is -0.447. The van der Waals surface area contributed by atoms with E-state index in [4.69, 9.17) is 18.9 Å². The molecule has 6 rings (SSSR count). The fraction of sp³-hybridized carbons (Fsp3) is 0.225. The third kappa shape index (κ3) is 7.05. The Hall–Kier alpha value is -4.75. The van der Waals surface area contributed by atoms with Crippen LogP contribution in [0.2, 0.25) is 0 Å². The number of nitrogens with one attached hydrogen (secondary N) is 1. The van der Waals surface area contributed by atoms with Crippen molar-refractivity contribution in [2.45, 2.75) is 11.5 Å². The molecule has 0 heterocycles. The predicted molar refractivity (Wildman–Crippen MR) is 180 cm³/mol. The molecule has 0 spiro atoms. The molecule has 1 aliphatic carbocycles. The molecule has 1 N–H and O–H groups in total. The molecule has 0 bridgehead atoms. The lowest BCUT2D eigenvalue weighted by Crippen LogP contribution is -2.34. The van der Waals surface area contributed by atoms with Crippen LogP contribution in [0.5, 0.6) is 0 Å². The largest absolute Gasteiger partial charge is 0.449 e. The fourth-order valence-corrected chi connectivity index (χ4v) is 6.22. The van der Waals surface area contributed by atoms with E-state index in [-0.39, 0.29) is 12.5 Å². The number of carbonyl (C=O) groups excluding carboxylic acids is 1. The van der Waals surface area contributed by atoms with Gasteiger partial charge in [0.1, 0.15) is 12.2 Å². The number of ether oxygens (including phenoxy) is 4. The third-order valence-electron chi connectivity index (χ3n) is 8.32. The minimum Gasteiger partial charge on any atom is -0.449 e. The van der Waals surface area contributed by atoms with E-state index in [1.54, 1.807) is 0 Å². The first kappa shape index (κ1) is 31.2. The maximum absolute atomic E-state index is 12.4. The van der Waals surface area contributed by atoms with Gasteiger partial charge in [0.15, 0.2) is 0 Å². The van der Waals surface area contributed by atoms with E-state index < -0.39 is 11.7 Å². The maximum Gasteiger partial charge on any atom is 0.407 e. The van der Waals surface area contributed by atoms with Crippen LogP contribution in [0, 0.1) is 0 Å². The zero-order chi connectivity index (χ0) is 31.4. The Bertz CT molecular complexity index is 1530. The third-order valence-corrected chi connectivity index (χ3v) is 8.32. The molecule has 46 heavy (non-hydrogen) atoms. The second kappa shape index (κ2) is 15.5. The van der Waals surface area contributed by atoms with Gasteiger partial charge in [-0.15, -0.1) is 0 Å². The summed E-state index contributed by atoms with van der Waals surface area (Å²) in [5.41, 5.74) is 7.19. The molecule has 234 valence electrons. The quantitative estimate of drug-likeness (QED) is 0.0975. The van der Waals surface area contributed by atoms with Gasteiger partial charge in [0.25, 0.3) is 0 Å². The number of fused-ring (bicyclic) bond motifs is 3. The number of amides is 1. The zero-order valence-corrected chi connectivity index (χ0v) is 25.8. The van der Waals surface area contributed by atoms with Gasteiger partial charge < -0.3 is 24.3 Å². The van der Waals surface area contributed by atoms with Gasteiger partial charge in [-0.25, -0.2) is 4.79 Å². The Kier molecular flexibility index (Phi) is 10.5. The molecule has 1 aliphatic rings. The second-order valence-electron chi connectivity index (χ2n) is 11.1. The van der Waals surface area contributed by atoms with Crippen LogP contribution in [-0.2, 0) is 24.5 Å². The SMILES string of the molecule is O=C(NCCOCCOCCOC(c1ccccc1)(c1ccccc1)c1ccccc1)OCC1c2ccccc2-c2ccccc21. The smallest absolute Gasteiger partial charge is 0.407 e.